The number of rotatable bonds is 10. The maximum Gasteiger partial charge on any atom is 0.408 e. The van der Waals surface area contributed by atoms with Crippen molar-refractivity contribution in [2.24, 2.45) is 5.92 Å². The zero-order valence-corrected chi connectivity index (χ0v) is 23.5. The lowest BCUT2D eigenvalue weighted by Gasteiger charge is -2.35. The summed E-state index contributed by atoms with van der Waals surface area (Å²) in [5.41, 5.74) is 0.732. The summed E-state index contributed by atoms with van der Waals surface area (Å²) in [6.45, 7) is 9.99. The minimum atomic E-state index is -1.21. The van der Waals surface area contributed by atoms with Gasteiger partial charge in [0.05, 0.1) is 17.3 Å². The van der Waals surface area contributed by atoms with Crippen molar-refractivity contribution in [2.45, 2.75) is 65.6 Å². The standard InChI is InChI=1S/C28H38ClN3O6/c1-7-17(2)23(31-27(37)38-28(4,5)6)26(36)32(15-16-33)24(19-11-13-20(34)14-12-19)25(35)30-22-18(3)9-8-10-21(22)29/h8-14,17,23-24,33-34H,7,15-16H2,1-6H3,(H,30,35)(H,31,37). The van der Waals surface area contributed by atoms with Crippen molar-refractivity contribution in [3.63, 3.8) is 0 Å². The van der Waals surface area contributed by atoms with Gasteiger partial charge in [-0.25, -0.2) is 4.79 Å². The van der Waals surface area contributed by atoms with Crippen LogP contribution >= 0.6 is 11.6 Å². The van der Waals surface area contributed by atoms with Crippen molar-refractivity contribution >= 4 is 35.2 Å². The number of aliphatic hydroxyl groups is 1. The zero-order valence-electron chi connectivity index (χ0n) is 22.7. The van der Waals surface area contributed by atoms with Gasteiger partial charge in [-0.1, -0.05) is 56.1 Å². The van der Waals surface area contributed by atoms with E-state index < -0.39 is 42.2 Å². The first kappa shape index (κ1) is 30.9. The monoisotopic (exact) mass is 547 g/mol. The third kappa shape index (κ3) is 8.36. The number of ether oxygens (including phenoxy) is 1. The number of carbonyl (C=O) groups is 3. The number of benzene rings is 2. The summed E-state index contributed by atoms with van der Waals surface area (Å²) >= 11 is 6.34. The number of nitrogens with zero attached hydrogens (tertiary/aromatic N) is 1. The molecule has 10 heteroatoms. The van der Waals surface area contributed by atoms with Crippen LogP contribution in [0, 0.1) is 12.8 Å². The van der Waals surface area contributed by atoms with Crippen LogP contribution in [0.4, 0.5) is 10.5 Å². The first-order chi connectivity index (χ1) is 17.8. The van der Waals surface area contributed by atoms with Gasteiger partial charge in [-0.15, -0.1) is 0 Å². The Labute approximate surface area is 229 Å². The number of hydrogen-bond acceptors (Lipinski definition) is 6. The SMILES string of the molecule is CCC(C)C(NC(=O)OC(C)(C)C)C(=O)N(CCO)C(C(=O)Nc1c(C)cccc1Cl)c1ccc(O)cc1. The molecule has 9 nitrogen and oxygen atoms in total. The summed E-state index contributed by atoms with van der Waals surface area (Å²) in [7, 11) is 0. The van der Waals surface area contributed by atoms with Gasteiger partial charge in [0.15, 0.2) is 0 Å². The number of phenols is 1. The predicted molar refractivity (Wildman–Crippen MR) is 147 cm³/mol. The summed E-state index contributed by atoms with van der Waals surface area (Å²) in [5.74, 6) is -1.47. The van der Waals surface area contributed by atoms with E-state index in [9.17, 15) is 24.6 Å². The fraction of sp³-hybridized carbons (Fsp3) is 0.464. The van der Waals surface area contributed by atoms with E-state index in [1.807, 2.05) is 6.92 Å². The number of halogens is 1. The molecule has 3 unspecified atom stereocenters. The normalized spacial score (nSPS) is 13.7. The van der Waals surface area contributed by atoms with Gasteiger partial charge in [-0.3, -0.25) is 9.59 Å². The average Bonchev–Trinajstić information content (AvgIpc) is 2.83. The molecular weight excluding hydrogens is 510 g/mol. The van der Waals surface area contributed by atoms with E-state index in [0.717, 1.165) is 5.56 Å². The Morgan fingerprint density at radius 2 is 1.74 bits per heavy atom. The molecule has 4 N–H and O–H groups in total. The number of aromatic hydroxyl groups is 1. The molecule has 3 atom stereocenters. The van der Waals surface area contributed by atoms with Crippen molar-refractivity contribution in [3.05, 3.63) is 58.6 Å². The van der Waals surface area contributed by atoms with Gasteiger partial charge < -0.3 is 30.5 Å². The van der Waals surface area contributed by atoms with Crippen molar-refractivity contribution in [1.29, 1.82) is 0 Å². The highest BCUT2D eigenvalue weighted by molar-refractivity contribution is 6.34. The smallest absolute Gasteiger partial charge is 0.408 e. The van der Waals surface area contributed by atoms with Crippen LogP contribution in [0.1, 0.15) is 58.2 Å². The van der Waals surface area contributed by atoms with Crippen molar-refractivity contribution in [1.82, 2.24) is 10.2 Å². The van der Waals surface area contributed by atoms with Crippen molar-refractivity contribution < 1.29 is 29.3 Å². The third-order valence-corrected chi connectivity index (χ3v) is 6.33. The number of phenolic OH excluding ortho intramolecular Hbond substituents is 1. The molecule has 0 fully saturated rings. The van der Waals surface area contributed by atoms with Crippen molar-refractivity contribution in [3.8, 4) is 5.75 Å². The number of hydrogen-bond donors (Lipinski definition) is 4. The van der Waals surface area contributed by atoms with Crippen LogP contribution in [0.3, 0.4) is 0 Å². The number of carbonyl (C=O) groups excluding carboxylic acids is 3. The molecule has 0 bridgehead atoms. The maximum absolute atomic E-state index is 14.0. The molecule has 0 spiro atoms. The quantitative estimate of drug-likeness (QED) is 0.338. The van der Waals surface area contributed by atoms with E-state index in [4.69, 9.17) is 16.3 Å². The summed E-state index contributed by atoms with van der Waals surface area (Å²) < 4.78 is 5.37. The number of para-hydroxylation sites is 1. The van der Waals surface area contributed by atoms with Crippen LogP contribution < -0.4 is 10.6 Å². The average molecular weight is 548 g/mol. The highest BCUT2D eigenvalue weighted by atomic mass is 35.5. The molecule has 3 amide bonds. The fourth-order valence-corrected chi connectivity index (χ4v) is 4.15. The highest BCUT2D eigenvalue weighted by Crippen LogP contribution is 2.30. The molecule has 0 saturated carbocycles. The topological polar surface area (TPSA) is 128 Å². The molecule has 0 heterocycles. The number of anilines is 1. The second kappa shape index (κ2) is 13.5. The van der Waals surface area contributed by atoms with Gasteiger partial charge in [0.1, 0.15) is 23.4 Å². The number of aryl methyl sites for hydroxylation is 1. The van der Waals surface area contributed by atoms with Gasteiger partial charge in [-0.2, -0.15) is 0 Å². The first-order valence-corrected chi connectivity index (χ1v) is 12.9. The van der Waals surface area contributed by atoms with E-state index in [0.29, 0.717) is 22.7 Å². The molecule has 0 aliphatic heterocycles. The van der Waals surface area contributed by atoms with E-state index in [1.54, 1.807) is 52.8 Å². The van der Waals surface area contributed by atoms with Crippen LogP contribution in [0.25, 0.3) is 0 Å². The van der Waals surface area contributed by atoms with Crippen LogP contribution in [0.2, 0.25) is 5.02 Å². The molecule has 2 aromatic carbocycles. The van der Waals surface area contributed by atoms with Gasteiger partial charge in [-0.05, 0) is 62.9 Å². The predicted octanol–water partition coefficient (Wildman–Crippen LogP) is 4.79. The Morgan fingerprint density at radius 1 is 1.11 bits per heavy atom. The molecule has 0 radical (unpaired) electrons. The molecule has 208 valence electrons. The molecule has 2 aromatic rings. The number of nitrogens with one attached hydrogen (secondary N) is 2. The van der Waals surface area contributed by atoms with E-state index in [1.165, 1.54) is 29.2 Å². The largest absolute Gasteiger partial charge is 0.508 e. The van der Waals surface area contributed by atoms with Gasteiger partial charge >= 0.3 is 6.09 Å². The molecule has 0 aliphatic rings. The Morgan fingerprint density at radius 3 is 2.26 bits per heavy atom. The van der Waals surface area contributed by atoms with E-state index >= 15 is 0 Å². The lowest BCUT2D eigenvalue weighted by Crippen LogP contribution is -2.55. The Balaban J connectivity index is 2.55. The number of amides is 3. The van der Waals surface area contributed by atoms with Crippen LogP contribution in [-0.4, -0.2) is 57.8 Å². The molecule has 0 aromatic heterocycles. The molecule has 38 heavy (non-hydrogen) atoms. The zero-order chi connectivity index (χ0) is 28.6. The fourth-order valence-electron chi connectivity index (χ4n) is 3.88. The van der Waals surface area contributed by atoms with Crippen LogP contribution in [-0.2, 0) is 14.3 Å². The molecule has 2 rings (SSSR count). The summed E-state index contributed by atoms with van der Waals surface area (Å²) in [4.78, 5) is 41.6. The summed E-state index contributed by atoms with van der Waals surface area (Å²) in [6, 6.07) is 8.80. The van der Waals surface area contributed by atoms with Gasteiger partial charge in [0.2, 0.25) is 5.91 Å². The van der Waals surface area contributed by atoms with E-state index in [-0.39, 0.29) is 18.2 Å². The number of alkyl carbamates (subject to hydrolysis) is 1. The van der Waals surface area contributed by atoms with E-state index in [2.05, 4.69) is 10.6 Å². The van der Waals surface area contributed by atoms with Gasteiger partial charge in [0, 0.05) is 6.54 Å². The minimum Gasteiger partial charge on any atom is -0.508 e. The molecular formula is C28H38ClN3O6. The maximum atomic E-state index is 14.0. The van der Waals surface area contributed by atoms with Crippen LogP contribution in [0.5, 0.6) is 5.75 Å². The minimum absolute atomic E-state index is 0.0148. The molecule has 0 saturated heterocycles. The lowest BCUT2D eigenvalue weighted by molar-refractivity contribution is -0.142. The number of aliphatic hydroxyl groups excluding tert-OH is 1. The summed E-state index contributed by atoms with van der Waals surface area (Å²) in [6.07, 6.45) is -0.217. The van der Waals surface area contributed by atoms with Crippen molar-refractivity contribution in [2.75, 3.05) is 18.5 Å². The second-order valence-corrected chi connectivity index (χ2v) is 10.6. The van der Waals surface area contributed by atoms with Crippen LogP contribution in [0.15, 0.2) is 42.5 Å². The summed E-state index contributed by atoms with van der Waals surface area (Å²) in [5, 5.41) is 25.5. The first-order valence-electron chi connectivity index (χ1n) is 12.5. The second-order valence-electron chi connectivity index (χ2n) is 10.2. The Kier molecular flexibility index (Phi) is 11.0. The Hall–Kier alpha value is -3.30. The Bertz CT molecular complexity index is 1100. The highest BCUT2D eigenvalue weighted by Gasteiger charge is 2.38. The molecule has 0 aliphatic carbocycles. The lowest BCUT2D eigenvalue weighted by atomic mass is 9.95. The third-order valence-electron chi connectivity index (χ3n) is 6.01. The van der Waals surface area contributed by atoms with Gasteiger partial charge in [0.25, 0.3) is 5.91 Å².